The molecule has 3 saturated heterocycles. The minimum atomic E-state index is -0.345. The number of esters is 1. The molecule has 0 radical (unpaired) electrons. The zero-order valence-electron chi connectivity index (χ0n) is 23.6. The van der Waals surface area contributed by atoms with Crippen molar-refractivity contribution in [2.45, 2.75) is 114 Å². The van der Waals surface area contributed by atoms with Gasteiger partial charge in [0.05, 0.1) is 16.8 Å². The predicted molar refractivity (Wildman–Crippen MR) is 150 cm³/mol. The molecule has 0 N–H and O–H groups in total. The minimum absolute atomic E-state index is 0.103. The third kappa shape index (κ3) is 3.52. The molecule has 3 heterocycles. The molecule has 7 fully saturated rings. The van der Waals surface area contributed by atoms with Crippen molar-refractivity contribution in [3.63, 3.8) is 0 Å². The van der Waals surface area contributed by atoms with E-state index in [-0.39, 0.29) is 21.9 Å². The van der Waals surface area contributed by atoms with Crippen molar-refractivity contribution in [1.29, 1.82) is 0 Å². The van der Waals surface area contributed by atoms with E-state index in [1.54, 1.807) is 6.92 Å². The first-order valence-electron chi connectivity index (χ1n) is 15.4. The molecule has 0 bridgehead atoms. The van der Waals surface area contributed by atoms with Crippen molar-refractivity contribution >= 4 is 29.5 Å². The van der Waals surface area contributed by atoms with Crippen LogP contribution in [0.4, 0.5) is 0 Å². The minimum Gasteiger partial charge on any atom is -0.463 e. The summed E-state index contributed by atoms with van der Waals surface area (Å²) >= 11 is 4.56. The van der Waals surface area contributed by atoms with Gasteiger partial charge in [-0.05, 0) is 91.8 Å². The maximum Gasteiger partial charge on any atom is 0.302 e. The zero-order valence-corrected chi connectivity index (χ0v) is 25.3. The van der Waals surface area contributed by atoms with Gasteiger partial charge in [0.2, 0.25) is 0 Å². The highest BCUT2D eigenvalue weighted by Crippen LogP contribution is 2.78. The van der Waals surface area contributed by atoms with Crippen LogP contribution in [0.3, 0.4) is 0 Å². The van der Waals surface area contributed by atoms with Crippen molar-refractivity contribution in [3.05, 3.63) is 0 Å². The smallest absolute Gasteiger partial charge is 0.302 e. The predicted octanol–water partition coefficient (Wildman–Crippen LogP) is 7.15. The van der Waals surface area contributed by atoms with Gasteiger partial charge in [0.1, 0.15) is 6.10 Å². The van der Waals surface area contributed by atoms with Gasteiger partial charge in [-0.25, -0.2) is 0 Å². The molecule has 4 aliphatic carbocycles. The highest BCUT2D eigenvalue weighted by molar-refractivity contribution is 8.21. The second-order valence-electron chi connectivity index (χ2n) is 14.6. The molecule has 4 saturated carbocycles. The van der Waals surface area contributed by atoms with Crippen molar-refractivity contribution in [1.82, 2.24) is 0 Å². The van der Waals surface area contributed by atoms with Gasteiger partial charge in [0, 0.05) is 36.7 Å². The summed E-state index contributed by atoms with van der Waals surface area (Å²) in [5, 5.41) is 0. The number of thioether (sulfide) groups is 2. The van der Waals surface area contributed by atoms with Crippen molar-refractivity contribution in [3.8, 4) is 0 Å². The van der Waals surface area contributed by atoms with Crippen LogP contribution in [-0.4, -0.2) is 46.2 Å². The van der Waals surface area contributed by atoms with Crippen LogP contribution in [0.2, 0.25) is 0 Å². The van der Waals surface area contributed by atoms with Gasteiger partial charge in [-0.1, -0.05) is 27.7 Å². The van der Waals surface area contributed by atoms with Gasteiger partial charge in [0.25, 0.3) is 0 Å². The van der Waals surface area contributed by atoms with Crippen LogP contribution in [-0.2, 0) is 19.0 Å². The van der Waals surface area contributed by atoms with Gasteiger partial charge in [0.15, 0.2) is 5.79 Å². The molecule has 0 aromatic rings. The Kier molecular flexibility index (Phi) is 6.18. The zero-order chi connectivity index (χ0) is 25.8. The normalized spacial score (nSPS) is 56.0. The fourth-order valence-electron chi connectivity index (χ4n) is 11.4. The Morgan fingerprint density at radius 3 is 2.41 bits per heavy atom. The van der Waals surface area contributed by atoms with Crippen LogP contribution in [0, 0.1) is 52.3 Å². The van der Waals surface area contributed by atoms with E-state index in [9.17, 15) is 4.79 Å². The van der Waals surface area contributed by atoms with E-state index in [4.69, 9.17) is 14.2 Å². The molecule has 0 aromatic carbocycles. The molecule has 0 amide bonds. The lowest BCUT2D eigenvalue weighted by Crippen LogP contribution is -2.58. The third-order valence-corrected chi connectivity index (χ3v) is 16.6. The Balaban J connectivity index is 1.21. The Morgan fingerprint density at radius 1 is 0.946 bits per heavy atom. The number of ether oxygens (including phenoxy) is 3. The summed E-state index contributed by atoms with van der Waals surface area (Å²) in [6, 6.07) is 0. The van der Waals surface area contributed by atoms with Gasteiger partial charge in [-0.3, -0.25) is 4.79 Å². The number of hydrogen-bond donors (Lipinski definition) is 0. The molecule has 37 heavy (non-hydrogen) atoms. The summed E-state index contributed by atoms with van der Waals surface area (Å²) in [5.74, 6) is 6.86. The van der Waals surface area contributed by atoms with E-state index >= 15 is 0 Å². The Labute approximate surface area is 232 Å². The van der Waals surface area contributed by atoms with Gasteiger partial charge < -0.3 is 14.2 Å². The van der Waals surface area contributed by atoms with Crippen LogP contribution in [0.25, 0.3) is 0 Å². The molecule has 208 valence electrons. The average Bonchev–Trinajstić information content (AvgIpc) is 3.50. The Morgan fingerprint density at radius 2 is 1.70 bits per heavy atom. The second kappa shape index (κ2) is 8.79. The van der Waals surface area contributed by atoms with Crippen LogP contribution < -0.4 is 0 Å². The molecule has 0 aromatic heterocycles. The number of hydrogen-bond acceptors (Lipinski definition) is 6. The summed E-state index contributed by atoms with van der Waals surface area (Å²) in [7, 11) is 0. The molecule has 2 spiro atoms. The van der Waals surface area contributed by atoms with Crippen LogP contribution >= 0.6 is 23.5 Å². The van der Waals surface area contributed by atoms with Gasteiger partial charge in [-0.2, -0.15) is 0 Å². The summed E-state index contributed by atoms with van der Waals surface area (Å²) in [5.41, 5.74) is 0.730. The quantitative estimate of drug-likeness (QED) is 0.324. The van der Waals surface area contributed by atoms with Crippen LogP contribution in [0.15, 0.2) is 0 Å². The maximum absolute atomic E-state index is 11.7. The van der Waals surface area contributed by atoms with E-state index in [1.165, 1.54) is 50.0 Å². The first-order chi connectivity index (χ1) is 17.6. The SMILES string of the molecule is CC(=O)O[C@H]1CC[C@@]2(C)[C@@H](CC[C@H]3[C@@H]4C5(SCCS5)[C@@H]5O[C@]6(CC[C@@H](C)CO6)[C@@H](C)[C@@H]5[C@@]4(C)CC[C@@H]32)C1. The molecule has 7 rings (SSSR count). The van der Waals surface area contributed by atoms with E-state index in [0.29, 0.717) is 40.6 Å². The topological polar surface area (TPSA) is 44.8 Å². The molecule has 4 nitrogen and oxygen atoms in total. The number of rotatable bonds is 1. The number of carbonyl (C=O) groups is 1. The van der Waals surface area contributed by atoms with Crippen LogP contribution in [0.5, 0.6) is 0 Å². The monoisotopic (exact) mass is 548 g/mol. The summed E-state index contributed by atoms with van der Waals surface area (Å²) in [4.78, 5) is 11.7. The first kappa shape index (κ1) is 26.0. The lowest BCUT2D eigenvalue weighted by atomic mass is 9.44. The first-order valence-corrected chi connectivity index (χ1v) is 17.4. The summed E-state index contributed by atoms with van der Waals surface area (Å²) in [6.45, 7) is 12.6. The molecule has 6 heteroatoms. The molecule has 12 atom stereocenters. The van der Waals surface area contributed by atoms with Gasteiger partial charge in [-0.15, -0.1) is 23.5 Å². The molecule has 0 unspecified atom stereocenters. The average molecular weight is 549 g/mol. The summed E-state index contributed by atoms with van der Waals surface area (Å²) in [6.07, 6.45) is 11.5. The van der Waals surface area contributed by atoms with E-state index in [2.05, 4.69) is 51.2 Å². The molecular weight excluding hydrogens is 500 g/mol. The highest BCUT2D eigenvalue weighted by atomic mass is 32.2. The Bertz CT molecular complexity index is 926. The third-order valence-electron chi connectivity index (χ3n) is 13.0. The van der Waals surface area contributed by atoms with E-state index in [0.717, 1.165) is 43.6 Å². The summed E-state index contributed by atoms with van der Waals surface area (Å²) < 4.78 is 19.9. The highest BCUT2D eigenvalue weighted by Gasteiger charge is 2.78. The fraction of sp³-hybridized carbons (Fsp3) is 0.968. The molecule has 7 aliphatic rings. The van der Waals surface area contributed by atoms with E-state index < -0.39 is 0 Å². The Hall–Kier alpha value is 0.0900. The standard InChI is InChI=1S/C31H48O4S2/c1-18-8-13-30(33-17-18)19(2)25-27(35-30)31(36-14-15-37-31)26-23-7-6-21-16-22(34-20(3)32)9-11-28(21,4)24(23)10-12-29(25,26)5/h18-19,21-27H,6-17H2,1-5H3/t18-,19+,21+,22+,23-,24+,25+,26+,27-,28+,29-,30-/m1/s1. The van der Waals surface area contributed by atoms with Crippen molar-refractivity contribution in [2.75, 3.05) is 18.1 Å². The lowest BCUT2D eigenvalue weighted by molar-refractivity contribution is -0.273. The van der Waals surface area contributed by atoms with Crippen LogP contribution in [0.1, 0.15) is 92.4 Å². The van der Waals surface area contributed by atoms with Crippen molar-refractivity contribution in [2.24, 2.45) is 52.3 Å². The van der Waals surface area contributed by atoms with Gasteiger partial charge >= 0.3 is 5.97 Å². The molecule has 3 aliphatic heterocycles. The number of fused-ring (bicyclic) bond motifs is 9. The maximum atomic E-state index is 11.7. The van der Waals surface area contributed by atoms with E-state index in [1.807, 2.05) is 0 Å². The van der Waals surface area contributed by atoms with Crippen molar-refractivity contribution < 1.29 is 19.0 Å². The second-order valence-corrected chi connectivity index (χ2v) is 17.6. The fourth-order valence-corrected chi connectivity index (χ4v) is 15.5. The lowest BCUT2D eigenvalue weighted by Gasteiger charge is -2.62. The largest absolute Gasteiger partial charge is 0.463 e. The molecular formula is C31H48O4S2. The number of carbonyl (C=O) groups excluding carboxylic acids is 1.